The van der Waals surface area contributed by atoms with Gasteiger partial charge in [-0.15, -0.1) is 0 Å². The summed E-state index contributed by atoms with van der Waals surface area (Å²) in [5.41, 5.74) is -0.137. The molecular weight excluding hydrogens is 234 g/mol. The van der Waals surface area contributed by atoms with Crippen LogP contribution in [0.2, 0.25) is 0 Å². The third-order valence-corrected chi connectivity index (χ3v) is 2.23. The fraction of sp³-hybridized carbons (Fsp3) is 0.923. The number of carbonyl (C=O) groups excluding carboxylic acids is 1. The number of ether oxygens (including phenoxy) is 3. The van der Waals surface area contributed by atoms with Crippen LogP contribution in [0.1, 0.15) is 34.1 Å². The quantitative estimate of drug-likeness (QED) is 0.501. The van der Waals surface area contributed by atoms with Gasteiger partial charge in [0.25, 0.3) is 0 Å². The molecule has 0 bridgehead atoms. The second-order valence-electron chi connectivity index (χ2n) is 4.96. The molecule has 0 fully saturated rings. The SMILES string of the molecule is CCOC(=O)C(CCOCCOC(C)(C)C)NC. The molecule has 0 saturated heterocycles. The van der Waals surface area contributed by atoms with E-state index in [0.717, 1.165) is 0 Å². The molecule has 0 rings (SSSR count). The lowest BCUT2D eigenvalue weighted by molar-refractivity contribution is -0.146. The van der Waals surface area contributed by atoms with Gasteiger partial charge in [-0.25, -0.2) is 0 Å². The van der Waals surface area contributed by atoms with Crippen molar-refractivity contribution >= 4 is 5.97 Å². The number of hydrogen-bond donors (Lipinski definition) is 1. The third kappa shape index (κ3) is 9.39. The van der Waals surface area contributed by atoms with E-state index in [2.05, 4.69) is 5.32 Å². The average Bonchev–Trinajstić information content (AvgIpc) is 2.27. The minimum Gasteiger partial charge on any atom is -0.465 e. The fourth-order valence-corrected chi connectivity index (χ4v) is 1.33. The monoisotopic (exact) mass is 261 g/mol. The molecule has 0 amide bonds. The lowest BCUT2D eigenvalue weighted by Crippen LogP contribution is -2.36. The molecular formula is C13H27NO4. The van der Waals surface area contributed by atoms with Gasteiger partial charge in [-0.05, 0) is 41.2 Å². The van der Waals surface area contributed by atoms with Crippen LogP contribution in [0.5, 0.6) is 0 Å². The van der Waals surface area contributed by atoms with Crippen LogP contribution in [0.4, 0.5) is 0 Å². The minimum absolute atomic E-state index is 0.137. The molecule has 0 aliphatic carbocycles. The van der Waals surface area contributed by atoms with Crippen molar-refractivity contribution in [3.05, 3.63) is 0 Å². The van der Waals surface area contributed by atoms with Gasteiger partial charge in [0.1, 0.15) is 6.04 Å². The summed E-state index contributed by atoms with van der Waals surface area (Å²) < 4.78 is 15.9. The highest BCUT2D eigenvalue weighted by Crippen LogP contribution is 2.05. The van der Waals surface area contributed by atoms with Crippen LogP contribution < -0.4 is 5.32 Å². The molecule has 0 spiro atoms. The lowest BCUT2D eigenvalue weighted by atomic mass is 10.2. The number of hydrogen-bond acceptors (Lipinski definition) is 5. The van der Waals surface area contributed by atoms with Crippen molar-refractivity contribution in [1.82, 2.24) is 5.32 Å². The molecule has 1 atom stereocenters. The van der Waals surface area contributed by atoms with Gasteiger partial charge in [-0.1, -0.05) is 0 Å². The molecule has 0 aliphatic heterocycles. The summed E-state index contributed by atoms with van der Waals surface area (Å²) in [6.45, 7) is 9.82. The van der Waals surface area contributed by atoms with Gasteiger partial charge >= 0.3 is 5.97 Å². The highest BCUT2D eigenvalue weighted by molar-refractivity contribution is 5.75. The van der Waals surface area contributed by atoms with Crippen LogP contribution in [0, 0.1) is 0 Å². The van der Waals surface area contributed by atoms with Crippen LogP contribution in [0.3, 0.4) is 0 Å². The zero-order valence-corrected chi connectivity index (χ0v) is 12.2. The first-order chi connectivity index (χ1) is 8.40. The van der Waals surface area contributed by atoms with Crippen LogP contribution >= 0.6 is 0 Å². The Morgan fingerprint density at radius 1 is 1.22 bits per heavy atom. The van der Waals surface area contributed by atoms with Gasteiger partial charge in [-0.2, -0.15) is 0 Å². The Morgan fingerprint density at radius 2 is 1.89 bits per heavy atom. The minimum atomic E-state index is -0.298. The summed E-state index contributed by atoms with van der Waals surface area (Å²) >= 11 is 0. The van der Waals surface area contributed by atoms with Crippen molar-refractivity contribution in [3.8, 4) is 0 Å². The molecule has 1 N–H and O–H groups in total. The summed E-state index contributed by atoms with van der Waals surface area (Å²) in [5.74, 6) is -0.227. The van der Waals surface area contributed by atoms with Crippen LogP contribution in [0.15, 0.2) is 0 Å². The van der Waals surface area contributed by atoms with Gasteiger partial charge in [-0.3, -0.25) is 4.79 Å². The number of rotatable bonds is 9. The van der Waals surface area contributed by atoms with Gasteiger partial charge in [0.2, 0.25) is 0 Å². The molecule has 1 unspecified atom stereocenters. The normalized spacial score (nSPS) is 13.4. The van der Waals surface area contributed by atoms with Crippen molar-refractivity contribution in [3.63, 3.8) is 0 Å². The van der Waals surface area contributed by atoms with Crippen LogP contribution in [0.25, 0.3) is 0 Å². The average molecular weight is 261 g/mol. The number of esters is 1. The maximum Gasteiger partial charge on any atom is 0.323 e. The van der Waals surface area contributed by atoms with Crippen LogP contribution in [-0.4, -0.2) is 51.1 Å². The second kappa shape index (κ2) is 9.30. The van der Waals surface area contributed by atoms with E-state index < -0.39 is 0 Å². The standard InChI is InChI=1S/C13H27NO4/c1-6-17-12(15)11(14-5)7-8-16-9-10-18-13(2,3)4/h11,14H,6-10H2,1-5H3. The molecule has 0 saturated carbocycles. The maximum atomic E-state index is 11.5. The Hall–Kier alpha value is -0.650. The van der Waals surface area contributed by atoms with E-state index >= 15 is 0 Å². The van der Waals surface area contributed by atoms with E-state index in [-0.39, 0.29) is 17.6 Å². The molecule has 0 aromatic heterocycles. The molecule has 0 aromatic carbocycles. The van der Waals surface area contributed by atoms with Crippen molar-refractivity contribution in [2.75, 3.05) is 33.5 Å². The lowest BCUT2D eigenvalue weighted by Gasteiger charge is -2.19. The van der Waals surface area contributed by atoms with Gasteiger partial charge in [0.15, 0.2) is 0 Å². The Kier molecular flexibility index (Phi) is 8.97. The van der Waals surface area contributed by atoms with Crippen molar-refractivity contribution in [1.29, 1.82) is 0 Å². The zero-order chi connectivity index (χ0) is 14.0. The smallest absolute Gasteiger partial charge is 0.323 e. The van der Waals surface area contributed by atoms with E-state index in [1.807, 2.05) is 20.8 Å². The molecule has 0 radical (unpaired) electrons. The Morgan fingerprint density at radius 3 is 2.39 bits per heavy atom. The maximum absolute atomic E-state index is 11.5. The third-order valence-electron chi connectivity index (χ3n) is 2.23. The topological polar surface area (TPSA) is 56.8 Å². The number of nitrogens with one attached hydrogen (secondary N) is 1. The van der Waals surface area contributed by atoms with Crippen LogP contribution in [-0.2, 0) is 19.0 Å². The number of carbonyl (C=O) groups is 1. The highest BCUT2D eigenvalue weighted by Gasteiger charge is 2.17. The largest absolute Gasteiger partial charge is 0.465 e. The predicted octanol–water partition coefficient (Wildman–Crippen LogP) is 1.36. The predicted molar refractivity (Wildman–Crippen MR) is 70.6 cm³/mol. The fourth-order valence-electron chi connectivity index (χ4n) is 1.33. The first-order valence-electron chi connectivity index (χ1n) is 6.46. The molecule has 5 nitrogen and oxygen atoms in total. The summed E-state index contributed by atoms with van der Waals surface area (Å²) in [5, 5.41) is 2.92. The molecule has 5 heteroatoms. The summed E-state index contributed by atoms with van der Waals surface area (Å²) in [6, 6.07) is -0.298. The highest BCUT2D eigenvalue weighted by atomic mass is 16.5. The van der Waals surface area contributed by atoms with Gasteiger partial charge in [0.05, 0.1) is 25.4 Å². The molecule has 108 valence electrons. The van der Waals surface area contributed by atoms with E-state index in [0.29, 0.717) is 32.8 Å². The summed E-state index contributed by atoms with van der Waals surface area (Å²) in [6.07, 6.45) is 0.602. The Bertz CT molecular complexity index is 226. The second-order valence-corrected chi connectivity index (χ2v) is 4.96. The molecule has 0 heterocycles. The summed E-state index contributed by atoms with van der Waals surface area (Å²) in [7, 11) is 1.74. The van der Waals surface area contributed by atoms with Gasteiger partial charge in [0, 0.05) is 6.61 Å². The van der Waals surface area contributed by atoms with Crippen molar-refractivity contribution < 1.29 is 19.0 Å². The van der Waals surface area contributed by atoms with E-state index in [1.54, 1.807) is 14.0 Å². The molecule has 0 aromatic rings. The molecule has 18 heavy (non-hydrogen) atoms. The van der Waals surface area contributed by atoms with E-state index in [1.165, 1.54) is 0 Å². The number of likely N-dealkylation sites (N-methyl/N-ethyl adjacent to an activating group) is 1. The zero-order valence-electron chi connectivity index (χ0n) is 12.2. The van der Waals surface area contributed by atoms with Crippen molar-refractivity contribution in [2.45, 2.75) is 45.8 Å². The van der Waals surface area contributed by atoms with Gasteiger partial charge < -0.3 is 19.5 Å². The van der Waals surface area contributed by atoms with E-state index in [9.17, 15) is 4.79 Å². The first-order valence-corrected chi connectivity index (χ1v) is 6.46. The first kappa shape index (κ1) is 17.4. The Labute approximate surface area is 110 Å². The molecule has 0 aliphatic rings. The Balaban J connectivity index is 3.60. The van der Waals surface area contributed by atoms with E-state index in [4.69, 9.17) is 14.2 Å². The van der Waals surface area contributed by atoms with Crippen molar-refractivity contribution in [2.24, 2.45) is 0 Å². The summed E-state index contributed by atoms with van der Waals surface area (Å²) in [4.78, 5) is 11.5.